The van der Waals surface area contributed by atoms with Crippen LogP contribution in [0.25, 0.3) is 0 Å². The van der Waals surface area contributed by atoms with Gasteiger partial charge in [-0.25, -0.2) is 4.79 Å². The first-order chi connectivity index (χ1) is 6.61. The normalized spacial score (nSPS) is 9.00. The third kappa shape index (κ3) is 5.13. The highest BCUT2D eigenvalue weighted by atomic mass is 16.5. The summed E-state index contributed by atoms with van der Waals surface area (Å²) in [6.07, 6.45) is 0.149. The molecule has 2 N–H and O–H groups in total. The number of hydrogen-bond acceptors (Lipinski definition) is 4. The highest BCUT2D eigenvalue weighted by Crippen LogP contribution is 1.79. The van der Waals surface area contributed by atoms with Crippen molar-refractivity contribution >= 4 is 17.8 Å². The predicted molar refractivity (Wildman–Crippen MR) is 48.3 cm³/mol. The van der Waals surface area contributed by atoms with Crippen LogP contribution in [-0.4, -0.2) is 38.0 Å². The molecule has 0 bridgehead atoms. The molecule has 0 fully saturated rings. The Balaban J connectivity index is 3.59. The standard InChI is InChI=1S/C8H14N2O4/c1-3-9-6(11)4-5-10-7(12)8(13)14-2/h3-5H2,1-2H3,(H,9,11)(H,10,12). The molecule has 0 aliphatic carbocycles. The second-order valence-corrected chi connectivity index (χ2v) is 2.45. The Morgan fingerprint density at radius 1 is 1.21 bits per heavy atom. The van der Waals surface area contributed by atoms with Gasteiger partial charge in [-0.2, -0.15) is 0 Å². The Hall–Kier alpha value is -1.59. The molecule has 0 atom stereocenters. The van der Waals surface area contributed by atoms with E-state index in [1.807, 2.05) is 0 Å². The zero-order valence-electron chi connectivity index (χ0n) is 8.25. The maximum Gasteiger partial charge on any atom is 0.396 e. The van der Waals surface area contributed by atoms with Crippen LogP contribution in [0.3, 0.4) is 0 Å². The van der Waals surface area contributed by atoms with E-state index in [1.165, 1.54) is 0 Å². The molecule has 0 radical (unpaired) electrons. The van der Waals surface area contributed by atoms with Crippen LogP contribution in [0.2, 0.25) is 0 Å². The minimum atomic E-state index is -0.958. The number of esters is 1. The lowest BCUT2D eigenvalue weighted by atomic mass is 10.4. The van der Waals surface area contributed by atoms with E-state index in [-0.39, 0.29) is 18.9 Å². The molecule has 0 aromatic heterocycles. The molecule has 0 saturated carbocycles. The number of carbonyl (C=O) groups is 3. The van der Waals surface area contributed by atoms with Crippen LogP contribution < -0.4 is 10.6 Å². The van der Waals surface area contributed by atoms with Crippen molar-refractivity contribution in [1.82, 2.24) is 10.6 Å². The van der Waals surface area contributed by atoms with Gasteiger partial charge in [-0.15, -0.1) is 0 Å². The summed E-state index contributed by atoms with van der Waals surface area (Å²) in [7, 11) is 1.12. The van der Waals surface area contributed by atoms with Crippen molar-refractivity contribution in [2.75, 3.05) is 20.2 Å². The van der Waals surface area contributed by atoms with Gasteiger partial charge in [0.25, 0.3) is 0 Å². The maximum absolute atomic E-state index is 10.9. The summed E-state index contributed by atoms with van der Waals surface area (Å²) in [5, 5.41) is 4.80. The second kappa shape index (κ2) is 6.88. The van der Waals surface area contributed by atoms with Crippen LogP contribution in [0.15, 0.2) is 0 Å². The first kappa shape index (κ1) is 12.4. The fourth-order valence-corrected chi connectivity index (χ4v) is 0.740. The number of methoxy groups -OCH3 is 1. The summed E-state index contributed by atoms with van der Waals surface area (Å²) in [6, 6.07) is 0. The van der Waals surface area contributed by atoms with Crippen LogP contribution in [-0.2, 0) is 19.1 Å². The highest BCUT2D eigenvalue weighted by Gasteiger charge is 2.12. The summed E-state index contributed by atoms with van der Waals surface area (Å²) in [5.41, 5.74) is 0. The molecule has 0 aliphatic rings. The van der Waals surface area contributed by atoms with Gasteiger partial charge in [-0.05, 0) is 6.92 Å². The minimum absolute atomic E-state index is 0.125. The van der Waals surface area contributed by atoms with Crippen molar-refractivity contribution in [2.24, 2.45) is 0 Å². The number of rotatable bonds is 4. The van der Waals surface area contributed by atoms with Crippen LogP contribution >= 0.6 is 0 Å². The van der Waals surface area contributed by atoms with Gasteiger partial charge in [0.1, 0.15) is 0 Å². The van der Waals surface area contributed by atoms with Crippen LogP contribution in [0, 0.1) is 0 Å². The minimum Gasteiger partial charge on any atom is -0.462 e. The molecular formula is C8H14N2O4. The van der Waals surface area contributed by atoms with Gasteiger partial charge in [0.2, 0.25) is 5.91 Å². The number of ether oxygens (including phenoxy) is 1. The zero-order chi connectivity index (χ0) is 11.0. The van der Waals surface area contributed by atoms with E-state index < -0.39 is 11.9 Å². The Morgan fingerprint density at radius 3 is 2.36 bits per heavy atom. The molecule has 0 aromatic carbocycles. The summed E-state index contributed by atoms with van der Waals surface area (Å²) >= 11 is 0. The van der Waals surface area contributed by atoms with E-state index in [4.69, 9.17) is 0 Å². The molecule has 0 unspecified atom stereocenters. The van der Waals surface area contributed by atoms with E-state index in [0.29, 0.717) is 6.54 Å². The molecule has 6 nitrogen and oxygen atoms in total. The van der Waals surface area contributed by atoms with Gasteiger partial charge < -0.3 is 15.4 Å². The van der Waals surface area contributed by atoms with Gasteiger partial charge in [-0.1, -0.05) is 0 Å². The van der Waals surface area contributed by atoms with Crippen molar-refractivity contribution in [3.05, 3.63) is 0 Å². The number of amides is 2. The van der Waals surface area contributed by atoms with Crippen LogP contribution in [0.4, 0.5) is 0 Å². The summed E-state index contributed by atoms with van der Waals surface area (Å²) < 4.78 is 4.17. The van der Waals surface area contributed by atoms with E-state index in [9.17, 15) is 14.4 Å². The molecule has 0 saturated heterocycles. The molecule has 2 amide bonds. The SMILES string of the molecule is CCNC(=O)CCNC(=O)C(=O)OC. The molecule has 0 spiro atoms. The molecule has 6 heteroatoms. The average Bonchev–Trinajstić information content (AvgIpc) is 2.16. The number of hydrogen-bond donors (Lipinski definition) is 2. The third-order valence-electron chi connectivity index (χ3n) is 1.38. The summed E-state index contributed by atoms with van der Waals surface area (Å²) in [4.78, 5) is 32.3. The summed E-state index contributed by atoms with van der Waals surface area (Å²) in [5.74, 6) is -1.96. The molecule has 0 rings (SSSR count). The second-order valence-electron chi connectivity index (χ2n) is 2.45. The molecule has 0 heterocycles. The zero-order valence-corrected chi connectivity index (χ0v) is 8.25. The lowest BCUT2D eigenvalue weighted by Crippen LogP contribution is -2.35. The lowest BCUT2D eigenvalue weighted by Gasteiger charge is -2.03. The van der Waals surface area contributed by atoms with Crippen molar-refractivity contribution < 1.29 is 19.1 Å². The average molecular weight is 202 g/mol. The summed E-state index contributed by atoms with van der Waals surface area (Å²) in [6.45, 7) is 2.47. The Bertz CT molecular complexity index is 227. The highest BCUT2D eigenvalue weighted by molar-refractivity contribution is 6.32. The predicted octanol–water partition coefficient (Wildman–Crippen LogP) is -1.20. The molecule has 0 aliphatic heterocycles. The van der Waals surface area contributed by atoms with Crippen molar-refractivity contribution in [3.8, 4) is 0 Å². The van der Waals surface area contributed by atoms with E-state index >= 15 is 0 Å². The Morgan fingerprint density at radius 2 is 1.86 bits per heavy atom. The monoisotopic (exact) mass is 202 g/mol. The van der Waals surface area contributed by atoms with Crippen LogP contribution in [0.5, 0.6) is 0 Å². The van der Waals surface area contributed by atoms with E-state index in [1.54, 1.807) is 6.92 Å². The largest absolute Gasteiger partial charge is 0.462 e. The first-order valence-corrected chi connectivity index (χ1v) is 4.24. The lowest BCUT2D eigenvalue weighted by molar-refractivity contribution is -0.152. The van der Waals surface area contributed by atoms with Crippen molar-refractivity contribution in [3.63, 3.8) is 0 Å². The topological polar surface area (TPSA) is 84.5 Å². The number of carbonyl (C=O) groups excluding carboxylic acids is 3. The van der Waals surface area contributed by atoms with Gasteiger partial charge >= 0.3 is 11.9 Å². The number of nitrogens with one attached hydrogen (secondary N) is 2. The fourth-order valence-electron chi connectivity index (χ4n) is 0.740. The molecule has 0 aromatic rings. The third-order valence-corrected chi connectivity index (χ3v) is 1.38. The van der Waals surface area contributed by atoms with E-state index in [0.717, 1.165) is 7.11 Å². The van der Waals surface area contributed by atoms with Gasteiger partial charge in [0, 0.05) is 19.5 Å². The van der Waals surface area contributed by atoms with Crippen LogP contribution in [0.1, 0.15) is 13.3 Å². The Labute approximate surface area is 82.0 Å². The smallest absolute Gasteiger partial charge is 0.396 e. The van der Waals surface area contributed by atoms with Crippen molar-refractivity contribution in [2.45, 2.75) is 13.3 Å². The van der Waals surface area contributed by atoms with Gasteiger partial charge in [-0.3, -0.25) is 9.59 Å². The fraction of sp³-hybridized carbons (Fsp3) is 0.625. The van der Waals surface area contributed by atoms with Crippen molar-refractivity contribution in [1.29, 1.82) is 0 Å². The quantitative estimate of drug-likeness (QED) is 0.443. The molecule has 80 valence electrons. The first-order valence-electron chi connectivity index (χ1n) is 4.24. The van der Waals surface area contributed by atoms with Gasteiger partial charge in [0.15, 0.2) is 0 Å². The molecular weight excluding hydrogens is 188 g/mol. The molecule has 14 heavy (non-hydrogen) atoms. The van der Waals surface area contributed by atoms with Gasteiger partial charge in [0.05, 0.1) is 7.11 Å². The Kier molecular flexibility index (Phi) is 6.09. The maximum atomic E-state index is 10.9. The van der Waals surface area contributed by atoms with E-state index in [2.05, 4.69) is 15.4 Å².